The highest BCUT2D eigenvalue weighted by atomic mass is 35.5. The number of nitrogens with one attached hydrogen (secondary N) is 3. The third-order valence-corrected chi connectivity index (χ3v) is 9.77. The molecular weight excluding hydrogens is 645 g/mol. The Bertz CT molecular complexity index is 1790. The number of aromatic amines is 1. The predicted octanol–water partition coefficient (Wildman–Crippen LogP) is 5.87. The van der Waals surface area contributed by atoms with E-state index >= 15 is 0 Å². The second-order valence-corrected chi connectivity index (χ2v) is 12.8. The zero-order chi connectivity index (χ0) is 33.7. The molecule has 0 saturated heterocycles. The number of ether oxygens (including phenoxy) is 1. The van der Waals surface area contributed by atoms with Crippen LogP contribution in [0.2, 0.25) is 5.02 Å². The van der Waals surface area contributed by atoms with Crippen molar-refractivity contribution in [3.05, 3.63) is 88.3 Å². The minimum atomic E-state index is -1.07. The molecule has 0 fully saturated rings. The quantitative estimate of drug-likeness (QED) is 0.155. The number of imidazole rings is 1. The van der Waals surface area contributed by atoms with Crippen LogP contribution in [0.3, 0.4) is 0 Å². The maximum Gasteiger partial charge on any atom is 0.412 e. The Labute approximate surface area is 282 Å². The van der Waals surface area contributed by atoms with Crippen LogP contribution in [0.15, 0.2) is 54.7 Å². The Kier molecular flexibility index (Phi) is 10.6. The fourth-order valence-corrected chi connectivity index (χ4v) is 6.12. The summed E-state index contributed by atoms with van der Waals surface area (Å²) >= 11 is 10.9. The van der Waals surface area contributed by atoms with Gasteiger partial charge in [0, 0.05) is 50.3 Å². The summed E-state index contributed by atoms with van der Waals surface area (Å²) in [6, 6.07) is 13.2. The van der Waals surface area contributed by atoms with Gasteiger partial charge in [0.1, 0.15) is 24.1 Å². The zero-order valence-electron chi connectivity index (χ0n) is 26.3. The number of halogens is 2. The lowest BCUT2D eigenvalue weighted by Crippen LogP contribution is -2.57. The summed E-state index contributed by atoms with van der Waals surface area (Å²) in [5.74, 6) is 0.448. The number of carbonyl (C=O) groups excluding carboxylic acids is 3. The fraction of sp³-hybridized carbons (Fsp3) is 0.364. The number of hydrogen-bond acceptors (Lipinski definition) is 7. The van der Waals surface area contributed by atoms with Gasteiger partial charge in [0.05, 0.1) is 28.1 Å². The first-order valence-corrected chi connectivity index (χ1v) is 16.1. The molecule has 0 spiro atoms. The van der Waals surface area contributed by atoms with Crippen molar-refractivity contribution in [1.82, 2.24) is 30.1 Å². The molecule has 4 aromatic rings. The molecule has 11 nitrogen and oxygen atoms in total. The van der Waals surface area contributed by atoms with Gasteiger partial charge in [-0.1, -0.05) is 48.0 Å². The number of nitrogens with zero attached hydrogens (tertiary/aromatic N) is 4. The molecule has 2 aromatic heterocycles. The largest absolute Gasteiger partial charge is 0.448 e. The summed E-state index contributed by atoms with van der Waals surface area (Å²) in [5.41, 5.74) is 1.23. The number of urea groups is 1. The Morgan fingerprint density at radius 3 is 2.77 bits per heavy atom. The molecule has 3 N–H and O–H groups in total. The summed E-state index contributed by atoms with van der Waals surface area (Å²) in [4.78, 5) is 54.8. The van der Waals surface area contributed by atoms with E-state index in [1.54, 1.807) is 37.2 Å². The van der Waals surface area contributed by atoms with Crippen molar-refractivity contribution in [3.8, 4) is 0 Å². The number of anilines is 1. The average Bonchev–Trinajstić information content (AvgIpc) is 3.45. The number of rotatable bonds is 10. The molecule has 2 atom stereocenters. The Hall–Kier alpha value is -4.36. The van der Waals surface area contributed by atoms with Crippen LogP contribution in [0.1, 0.15) is 42.5 Å². The Morgan fingerprint density at radius 1 is 1.21 bits per heavy atom. The van der Waals surface area contributed by atoms with Crippen LogP contribution in [0, 0.1) is 12.7 Å². The average molecular weight is 682 g/mol. The van der Waals surface area contributed by atoms with Crippen molar-refractivity contribution in [2.24, 2.45) is 0 Å². The van der Waals surface area contributed by atoms with Crippen LogP contribution in [-0.2, 0) is 29.0 Å². The molecule has 0 radical (unpaired) electrons. The van der Waals surface area contributed by atoms with E-state index in [-0.39, 0.29) is 36.9 Å². The third kappa shape index (κ3) is 7.96. The molecule has 14 heteroatoms. The number of aromatic nitrogens is 3. The maximum absolute atomic E-state index is 14.0. The van der Waals surface area contributed by atoms with Gasteiger partial charge < -0.3 is 24.8 Å². The molecule has 47 heavy (non-hydrogen) atoms. The smallest absolute Gasteiger partial charge is 0.412 e. The summed E-state index contributed by atoms with van der Waals surface area (Å²) in [5, 5.41) is 6.45. The number of H-pyrrole nitrogens is 1. The summed E-state index contributed by atoms with van der Waals surface area (Å²) in [6.45, 7) is 4.40. The second kappa shape index (κ2) is 14.6. The van der Waals surface area contributed by atoms with Gasteiger partial charge in [-0.05, 0) is 43.4 Å². The van der Waals surface area contributed by atoms with Crippen LogP contribution in [0.25, 0.3) is 10.8 Å². The summed E-state index contributed by atoms with van der Waals surface area (Å²) < 4.78 is 19.5. The number of thiol groups is 1. The van der Waals surface area contributed by atoms with Gasteiger partial charge in [-0.25, -0.2) is 23.9 Å². The first kappa shape index (κ1) is 34.0. The highest BCUT2D eigenvalue weighted by Gasteiger charge is 2.40. The van der Waals surface area contributed by atoms with E-state index in [2.05, 4.69) is 25.6 Å². The molecule has 248 valence electrons. The Morgan fingerprint density at radius 2 is 1.98 bits per heavy atom. The molecule has 5 rings (SSSR count). The van der Waals surface area contributed by atoms with Crippen LogP contribution in [-0.4, -0.2) is 73.8 Å². The van der Waals surface area contributed by atoms with Gasteiger partial charge in [0.25, 0.3) is 0 Å². The number of carbonyl (C=O) groups is 3. The number of pyridine rings is 1. The highest BCUT2D eigenvalue weighted by molar-refractivity contribution is 7.81. The Balaban J connectivity index is 1.26. The van der Waals surface area contributed by atoms with E-state index in [9.17, 15) is 18.8 Å². The van der Waals surface area contributed by atoms with E-state index in [4.69, 9.17) is 29.0 Å². The molecule has 2 aromatic carbocycles. The number of benzene rings is 2. The summed E-state index contributed by atoms with van der Waals surface area (Å²) in [7, 11) is 1.58. The number of amides is 4. The first-order valence-electron chi connectivity index (χ1n) is 15.2. The van der Waals surface area contributed by atoms with E-state index in [0.29, 0.717) is 30.9 Å². The van der Waals surface area contributed by atoms with Gasteiger partial charge in [-0.2, -0.15) is 12.6 Å². The topological polar surface area (TPSA) is 133 Å². The third-order valence-electron chi connectivity index (χ3n) is 8.64. The minimum Gasteiger partial charge on any atom is -0.448 e. The lowest BCUT2D eigenvalue weighted by Gasteiger charge is -2.43. The van der Waals surface area contributed by atoms with Gasteiger partial charge in [0.15, 0.2) is 0 Å². The summed E-state index contributed by atoms with van der Waals surface area (Å²) in [6.07, 6.45) is 1.91. The molecule has 0 bridgehead atoms. The monoisotopic (exact) mass is 681 g/mol. The van der Waals surface area contributed by atoms with E-state index < -0.39 is 28.7 Å². The van der Waals surface area contributed by atoms with Crippen molar-refractivity contribution in [3.63, 3.8) is 0 Å². The number of hydrogen-bond donors (Lipinski definition) is 4. The van der Waals surface area contributed by atoms with Crippen molar-refractivity contribution in [1.29, 1.82) is 0 Å². The molecule has 4 amide bonds. The lowest BCUT2D eigenvalue weighted by atomic mass is 9.89. The van der Waals surface area contributed by atoms with Crippen LogP contribution in [0.5, 0.6) is 0 Å². The van der Waals surface area contributed by atoms with Crippen LogP contribution >= 0.6 is 24.2 Å². The SMILES string of the molecule is Cc1nc2c([nH]1)CCN(C(=O)CC[C@](C)(C(S)COC(=O)Nc1cc3ccccc3cn1)N(C)C(=O)NCc1cccc(F)c1Cl)C2. The predicted molar refractivity (Wildman–Crippen MR) is 181 cm³/mol. The molecule has 0 aliphatic carbocycles. The van der Waals surface area contributed by atoms with Crippen LogP contribution < -0.4 is 10.6 Å². The highest BCUT2D eigenvalue weighted by Crippen LogP contribution is 2.30. The fourth-order valence-electron chi connectivity index (χ4n) is 5.55. The normalized spacial score (nSPS) is 14.6. The molecular formula is C33H37ClFN7O4S. The lowest BCUT2D eigenvalue weighted by molar-refractivity contribution is -0.132. The molecule has 0 saturated carbocycles. The van der Waals surface area contributed by atoms with Gasteiger partial charge >= 0.3 is 12.1 Å². The minimum absolute atomic E-state index is 0.0249. The second-order valence-electron chi connectivity index (χ2n) is 11.8. The maximum atomic E-state index is 14.0. The van der Waals surface area contributed by atoms with Crippen LogP contribution in [0.4, 0.5) is 19.8 Å². The van der Waals surface area contributed by atoms with Crippen molar-refractivity contribution in [2.75, 3.05) is 25.5 Å². The van der Waals surface area contributed by atoms with E-state index in [1.807, 2.05) is 31.2 Å². The number of fused-ring (bicyclic) bond motifs is 2. The molecule has 1 aliphatic rings. The van der Waals surface area contributed by atoms with Gasteiger partial charge in [0.2, 0.25) is 5.91 Å². The van der Waals surface area contributed by atoms with E-state index in [0.717, 1.165) is 28.0 Å². The van der Waals surface area contributed by atoms with Gasteiger partial charge in [-0.3, -0.25) is 10.1 Å². The van der Waals surface area contributed by atoms with Crippen molar-refractivity contribution < 1.29 is 23.5 Å². The van der Waals surface area contributed by atoms with E-state index in [1.165, 1.54) is 17.0 Å². The number of aryl methyl sites for hydroxylation is 1. The van der Waals surface area contributed by atoms with Crippen molar-refractivity contribution in [2.45, 2.75) is 57.0 Å². The van der Waals surface area contributed by atoms with Crippen molar-refractivity contribution >= 4 is 58.9 Å². The van der Waals surface area contributed by atoms with Gasteiger partial charge in [-0.15, -0.1) is 0 Å². The molecule has 1 unspecified atom stereocenters. The first-order chi connectivity index (χ1) is 22.4. The zero-order valence-corrected chi connectivity index (χ0v) is 28.0. The molecule has 1 aliphatic heterocycles. The standard InChI is InChI=1S/C33H37ClFN7O4S/c1-20-38-25-12-14-42(18-26(25)39-20)29(43)11-13-33(2,41(3)31(44)37-17-23-9-6-10-24(35)30(23)34)27(47)19-46-32(45)40-28-15-21-7-4-5-8-22(21)16-36-28/h4-10,15-16,27,47H,11-14,17-19H2,1-3H3,(H,37,44)(H,38,39)(H,36,40,45)/t27?,33-/m1/s1. The molecule has 3 heterocycles.